The van der Waals surface area contributed by atoms with Gasteiger partial charge in [-0.3, -0.25) is 0 Å². The van der Waals surface area contributed by atoms with E-state index in [1.807, 2.05) is 73.7 Å². The second-order valence-corrected chi connectivity index (χ2v) is 7.67. The van der Waals surface area contributed by atoms with E-state index in [1.54, 1.807) is 7.11 Å². The number of nitrogens with zero attached hydrogens (tertiary/aromatic N) is 3. The van der Waals surface area contributed by atoms with E-state index in [1.165, 1.54) is 0 Å². The van der Waals surface area contributed by atoms with E-state index >= 15 is 0 Å². The normalized spacial score (nSPS) is 10.7. The molecular weight excluding hydrogens is 400 g/mol. The summed E-state index contributed by atoms with van der Waals surface area (Å²) in [7, 11) is 1.66. The van der Waals surface area contributed by atoms with E-state index in [4.69, 9.17) is 9.72 Å². The highest BCUT2D eigenvalue weighted by molar-refractivity contribution is 5.54. The van der Waals surface area contributed by atoms with Crippen LogP contribution < -0.4 is 10.1 Å². The molecule has 3 aromatic carbocycles. The highest BCUT2D eigenvalue weighted by atomic mass is 16.5. The zero-order chi connectivity index (χ0) is 22.3. The monoisotopic (exact) mass is 426 g/mol. The molecule has 0 unspecified atom stereocenters. The molecule has 0 saturated heterocycles. The smallest absolute Gasteiger partial charge is 0.230 e. The quantitative estimate of drug-likeness (QED) is 0.428. The van der Waals surface area contributed by atoms with Crippen LogP contribution in [0.15, 0.2) is 72.8 Å². The molecule has 4 rings (SSSR count). The number of hydrogen-bond donors (Lipinski definition) is 2. The van der Waals surface area contributed by atoms with E-state index in [9.17, 15) is 5.11 Å². The van der Waals surface area contributed by atoms with Crippen molar-refractivity contribution in [2.24, 2.45) is 0 Å². The molecule has 0 amide bonds. The third-order valence-electron chi connectivity index (χ3n) is 5.03. The van der Waals surface area contributed by atoms with E-state index < -0.39 is 0 Å². The van der Waals surface area contributed by atoms with Gasteiger partial charge in [0.05, 0.1) is 13.7 Å². The van der Waals surface area contributed by atoms with Gasteiger partial charge in [0, 0.05) is 18.5 Å². The SMILES string of the molecule is COc1cccc(Cc2nc(Cc3cccc(CO)c3)nc(Nc3cccc(C)c3)n2)c1. The van der Waals surface area contributed by atoms with Crippen molar-refractivity contribution < 1.29 is 9.84 Å². The molecule has 0 aliphatic carbocycles. The van der Waals surface area contributed by atoms with Crippen LogP contribution in [0.4, 0.5) is 11.6 Å². The minimum absolute atomic E-state index is 0.00625. The maximum atomic E-state index is 9.45. The number of methoxy groups -OCH3 is 1. The molecule has 32 heavy (non-hydrogen) atoms. The molecule has 0 aliphatic rings. The Bertz CT molecular complexity index is 1140. The van der Waals surface area contributed by atoms with E-state index in [-0.39, 0.29) is 6.61 Å². The lowest BCUT2D eigenvalue weighted by atomic mass is 10.1. The Morgan fingerprint density at radius 1 is 0.781 bits per heavy atom. The van der Waals surface area contributed by atoms with Crippen LogP contribution >= 0.6 is 0 Å². The van der Waals surface area contributed by atoms with Gasteiger partial charge in [-0.2, -0.15) is 9.97 Å². The Morgan fingerprint density at radius 3 is 2.12 bits per heavy atom. The third kappa shape index (κ3) is 5.68. The fourth-order valence-electron chi connectivity index (χ4n) is 3.52. The first kappa shape index (κ1) is 21.5. The number of anilines is 2. The van der Waals surface area contributed by atoms with Crippen LogP contribution in [0.5, 0.6) is 5.75 Å². The number of aryl methyl sites for hydroxylation is 1. The van der Waals surface area contributed by atoms with Crippen molar-refractivity contribution >= 4 is 11.6 Å². The first-order chi connectivity index (χ1) is 15.6. The summed E-state index contributed by atoms with van der Waals surface area (Å²) < 4.78 is 5.35. The molecule has 6 heteroatoms. The van der Waals surface area contributed by atoms with Gasteiger partial charge >= 0.3 is 0 Å². The number of aliphatic hydroxyl groups is 1. The van der Waals surface area contributed by atoms with Gasteiger partial charge in [-0.05, 0) is 53.4 Å². The van der Waals surface area contributed by atoms with Crippen molar-refractivity contribution in [2.45, 2.75) is 26.4 Å². The Kier molecular flexibility index (Phi) is 6.72. The van der Waals surface area contributed by atoms with Crippen LogP contribution in [0.3, 0.4) is 0 Å². The molecule has 1 heterocycles. The van der Waals surface area contributed by atoms with E-state index in [0.717, 1.165) is 33.7 Å². The van der Waals surface area contributed by atoms with Crippen LogP contribution in [0.2, 0.25) is 0 Å². The van der Waals surface area contributed by atoms with E-state index in [2.05, 4.69) is 21.4 Å². The molecule has 2 N–H and O–H groups in total. The molecule has 162 valence electrons. The Balaban J connectivity index is 1.66. The molecule has 0 spiro atoms. The summed E-state index contributed by atoms with van der Waals surface area (Å²) in [4.78, 5) is 14.1. The van der Waals surface area contributed by atoms with Gasteiger partial charge in [0.15, 0.2) is 0 Å². The van der Waals surface area contributed by atoms with Gasteiger partial charge in [0.25, 0.3) is 0 Å². The number of rotatable bonds is 8. The first-order valence-corrected chi connectivity index (χ1v) is 10.5. The van der Waals surface area contributed by atoms with Crippen molar-refractivity contribution in [3.63, 3.8) is 0 Å². The average molecular weight is 427 g/mol. The fraction of sp³-hybridized carbons (Fsp3) is 0.192. The second kappa shape index (κ2) is 10.0. The average Bonchev–Trinajstić information content (AvgIpc) is 2.79. The molecular formula is C26H26N4O2. The molecule has 0 radical (unpaired) electrons. The van der Waals surface area contributed by atoms with Gasteiger partial charge in [0.1, 0.15) is 17.4 Å². The molecule has 0 fully saturated rings. The Labute approximate surface area is 188 Å². The lowest BCUT2D eigenvalue weighted by Crippen LogP contribution is -2.09. The lowest BCUT2D eigenvalue weighted by Gasteiger charge is -2.11. The fourth-order valence-corrected chi connectivity index (χ4v) is 3.52. The maximum Gasteiger partial charge on any atom is 0.230 e. The number of aromatic nitrogens is 3. The number of hydrogen-bond acceptors (Lipinski definition) is 6. The minimum Gasteiger partial charge on any atom is -0.497 e. The predicted molar refractivity (Wildman–Crippen MR) is 125 cm³/mol. The lowest BCUT2D eigenvalue weighted by molar-refractivity contribution is 0.281. The van der Waals surface area contributed by atoms with Crippen molar-refractivity contribution in [1.29, 1.82) is 0 Å². The Morgan fingerprint density at radius 2 is 1.44 bits per heavy atom. The van der Waals surface area contributed by atoms with Crippen LogP contribution in [-0.2, 0) is 19.4 Å². The zero-order valence-corrected chi connectivity index (χ0v) is 18.2. The topological polar surface area (TPSA) is 80.2 Å². The highest BCUT2D eigenvalue weighted by Crippen LogP contribution is 2.19. The highest BCUT2D eigenvalue weighted by Gasteiger charge is 2.10. The predicted octanol–water partition coefficient (Wildman–Crippen LogP) is 4.61. The molecule has 0 saturated carbocycles. The minimum atomic E-state index is 0.00625. The summed E-state index contributed by atoms with van der Waals surface area (Å²) in [5.41, 5.74) is 5.05. The van der Waals surface area contributed by atoms with Gasteiger partial charge in [0.2, 0.25) is 5.95 Å². The first-order valence-electron chi connectivity index (χ1n) is 10.5. The molecule has 0 bridgehead atoms. The number of aliphatic hydroxyl groups excluding tert-OH is 1. The molecule has 0 atom stereocenters. The van der Waals surface area contributed by atoms with Gasteiger partial charge in [-0.15, -0.1) is 0 Å². The maximum absolute atomic E-state index is 9.45. The van der Waals surface area contributed by atoms with Crippen LogP contribution in [0.1, 0.15) is 33.9 Å². The van der Waals surface area contributed by atoms with E-state index in [0.29, 0.717) is 30.4 Å². The largest absolute Gasteiger partial charge is 0.497 e. The standard InChI is InChI=1S/C26H26N4O2/c1-18-6-3-10-22(12-18)27-26-29-24(15-19-7-4-9-21(13-19)17-31)28-25(30-26)16-20-8-5-11-23(14-20)32-2/h3-14,31H,15-17H2,1-2H3,(H,27,28,29,30). The summed E-state index contributed by atoms with van der Waals surface area (Å²) in [6.45, 7) is 2.05. The molecule has 6 nitrogen and oxygen atoms in total. The molecule has 0 aliphatic heterocycles. The summed E-state index contributed by atoms with van der Waals surface area (Å²) in [6, 6.07) is 23.8. The number of ether oxygens (including phenoxy) is 1. The summed E-state index contributed by atoms with van der Waals surface area (Å²) in [6.07, 6.45) is 1.11. The van der Waals surface area contributed by atoms with Crippen molar-refractivity contribution in [3.8, 4) is 5.75 Å². The van der Waals surface area contributed by atoms with Crippen molar-refractivity contribution in [2.75, 3.05) is 12.4 Å². The summed E-state index contributed by atoms with van der Waals surface area (Å²) in [5.74, 6) is 2.66. The number of benzene rings is 3. The second-order valence-electron chi connectivity index (χ2n) is 7.67. The molecule has 1 aromatic heterocycles. The summed E-state index contributed by atoms with van der Waals surface area (Å²) >= 11 is 0. The van der Waals surface area contributed by atoms with Crippen LogP contribution in [0, 0.1) is 6.92 Å². The van der Waals surface area contributed by atoms with Gasteiger partial charge in [-0.25, -0.2) is 4.98 Å². The third-order valence-corrected chi connectivity index (χ3v) is 5.03. The van der Waals surface area contributed by atoms with Crippen molar-refractivity contribution in [3.05, 3.63) is 107 Å². The molecule has 4 aromatic rings. The van der Waals surface area contributed by atoms with Crippen LogP contribution in [0.25, 0.3) is 0 Å². The van der Waals surface area contributed by atoms with Crippen molar-refractivity contribution in [1.82, 2.24) is 15.0 Å². The summed E-state index contributed by atoms with van der Waals surface area (Å²) in [5, 5.41) is 12.8. The number of nitrogens with one attached hydrogen (secondary N) is 1. The zero-order valence-electron chi connectivity index (χ0n) is 18.2. The van der Waals surface area contributed by atoms with Crippen LogP contribution in [-0.4, -0.2) is 27.2 Å². The van der Waals surface area contributed by atoms with Gasteiger partial charge < -0.3 is 15.2 Å². The van der Waals surface area contributed by atoms with Gasteiger partial charge in [-0.1, -0.05) is 48.5 Å². The Hall–Kier alpha value is -3.77.